The van der Waals surface area contributed by atoms with E-state index >= 15 is 0 Å². The van der Waals surface area contributed by atoms with Gasteiger partial charge in [-0.1, -0.05) is 0 Å². The second kappa shape index (κ2) is 6.59. The highest BCUT2D eigenvalue weighted by Gasteiger charge is 2.41. The van der Waals surface area contributed by atoms with E-state index in [9.17, 15) is 31.1 Å². The van der Waals surface area contributed by atoms with Crippen LogP contribution in [0.15, 0.2) is 6.07 Å². The summed E-state index contributed by atoms with van der Waals surface area (Å²) in [5.74, 6) is -3.59. The van der Waals surface area contributed by atoms with Crippen LogP contribution >= 0.6 is 11.6 Å². The number of rotatable bonds is 4. The minimum absolute atomic E-state index is 0.154. The van der Waals surface area contributed by atoms with E-state index in [0.29, 0.717) is 0 Å². The Morgan fingerprint density at radius 3 is 2.27 bits per heavy atom. The summed E-state index contributed by atoms with van der Waals surface area (Å²) in [7, 11) is 0. The predicted octanol–water partition coefficient (Wildman–Crippen LogP) is 3.91. The molecule has 1 heterocycles. The molecule has 0 radical (unpaired) electrons. The van der Waals surface area contributed by atoms with Crippen LogP contribution in [-0.4, -0.2) is 23.9 Å². The van der Waals surface area contributed by atoms with Gasteiger partial charge in [0.1, 0.15) is 5.56 Å². The van der Waals surface area contributed by atoms with Crippen molar-refractivity contribution < 1.29 is 40.6 Å². The van der Waals surface area contributed by atoms with E-state index in [4.69, 9.17) is 11.6 Å². The van der Waals surface area contributed by atoms with E-state index < -0.39 is 47.1 Å². The summed E-state index contributed by atoms with van der Waals surface area (Å²) in [4.78, 5) is 14.5. The Morgan fingerprint density at radius 2 is 1.86 bits per heavy atom. The Morgan fingerprint density at radius 1 is 1.27 bits per heavy atom. The molecule has 0 aliphatic carbocycles. The van der Waals surface area contributed by atoms with Crippen molar-refractivity contribution in [3.05, 3.63) is 22.9 Å². The average molecular weight is 352 g/mol. The normalized spacial score (nSPS) is 12.2. The molecule has 0 aliphatic heterocycles. The third-order valence-electron chi connectivity index (χ3n) is 2.20. The molecule has 0 amide bonds. The van der Waals surface area contributed by atoms with Crippen molar-refractivity contribution in [2.75, 3.05) is 6.61 Å². The van der Waals surface area contributed by atoms with E-state index in [-0.39, 0.29) is 12.7 Å². The van der Waals surface area contributed by atoms with Gasteiger partial charge in [0.2, 0.25) is 5.88 Å². The number of hydrogen-bond donors (Lipinski definition) is 0. The topological polar surface area (TPSA) is 48.4 Å². The van der Waals surface area contributed by atoms with Gasteiger partial charge in [-0.05, 0) is 13.0 Å². The smallest absolute Gasteiger partial charge is 0.461 e. The molecule has 4 nitrogen and oxygen atoms in total. The Labute approximate surface area is 125 Å². The summed E-state index contributed by atoms with van der Waals surface area (Å²) < 4.78 is 82.7. The number of aromatic nitrogens is 1. The molecule has 0 saturated carbocycles. The van der Waals surface area contributed by atoms with Gasteiger partial charge in [-0.25, -0.2) is 9.78 Å². The fourth-order valence-electron chi connectivity index (χ4n) is 1.41. The number of carbonyl (C=O) groups excluding carboxylic acids is 1. The van der Waals surface area contributed by atoms with E-state index in [1.807, 2.05) is 0 Å². The van der Waals surface area contributed by atoms with Crippen LogP contribution in [0.5, 0.6) is 5.88 Å². The maximum absolute atomic E-state index is 12.8. The number of halogens is 7. The lowest BCUT2D eigenvalue weighted by molar-refractivity contribution is -0.277. The molecule has 1 aromatic rings. The van der Waals surface area contributed by atoms with Gasteiger partial charge in [0.05, 0.1) is 6.61 Å². The van der Waals surface area contributed by atoms with Crippen LogP contribution in [-0.2, 0) is 16.8 Å². The summed E-state index contributed by atoms with van der Waals surface area (Å²) in [6.45, 7) is 1.24. The van der Waals surface area contributed by atoms with Gasteiger partial charge in [-0.2, -0.15) is 13.2 Å². The highest BCUT2D eigenvalue weighted by molar-refractivity contribution is 6.17. The van der Waals surface area contributed by atoms with Crippen molar-refractivity contribution >= 4 is 17.6 Å². The number of carbonyl (C=O) groups is 1. The van der Waals surface area contributed by atoms with Crippen LogP contribution in [0, 0.1) is 0 Å². The molecule has 0 saturated heterocycles. The summed E-state index contributed by atoms with van der Waals surface area (Å²) >= 11 is 5.41. The van der Waals surface area contributed by atoms with Gasteiger partial charge in [-0.15, -0.1) is 24.8 Å². The van der Waals surface area contributed by atoms with Gasteiger partial charge in [0.15, 0.2) is 5.69 Å². The molecule has 0 atom stereocenters. The van der Waals surface area contributed by atoms with Crippen LogP contribution in [0.1, 0.15) is 28.5 Å². The largest absolute Gasteiger partial charge is 0.574 e. The van der Waals surface area contributed by atoms with Crippen LogP contribution in [0.25, 0.3) is 0 Å². The molecule has 22 heavy (non-hydrogen) atoms. The molecule has 0 N–H and O–H groups in total. The highest BCUT2D eigenvalue weighted by atomic mass is 35.5. The minimum Gasteiger partial charge on any atom is -0.461 e. The maximum atomic E-state index is 12.8. The minimum atomic E-state index is -5.42. The molecule has 0 unspecified atom stereocenters. The van der Waals surface area contributed by atoms with E-state index in [0.717, 1.165) is 0 Å². The van der Waals surface area contributed by atoms with E-state index in [2.05, 4.69) is 14.5 Å². The fraction of sp³-hybridized carbons (Fsp3) is 0.455. The molecule has 0 fully saturated rings. The third-order valence-corrected chi connectivity index (χ3v) is 2.48. The number of ether oxygens (including phenoxy) is 2. The third kappa shape index (κ3) is 4.65. The first-order chi connectivity index (χ1) is 9.99. The lowest BCUT2D eigenvalue weighted by atomic mass is 10.1. The molecule has 0 spiro atoms. The molecule has 124 valence electrons. The molecule has 0 aliphatic rings. The summed E-state index contributed by atoms with van der Waals surface area (Å²) in [6.07, 6.45) is -10.6. The zero-order valence-electron chi connectivity index (χ0n) is 10.8. The lowest BCUT2D eigenvalue weighted by Crippen LogP contribution is -2.23. The number of hydrogen-bond acceptors (Lipinski definition) is 4. The number of nitrogens with zero attached hydrogens (tertiary/aromatic N) is 1. The SMILES string of the molecule is CCOC(=O)c1nc(OC(F)(F)F)c(C(F)(F)F)cc1CCl. The van der Waals surface area contributed by atoms with Crippen LogP contribution in [0.2, 0.25) is 0 Å². The monoisotopic (exact) mass is 351 g/mol. The van der Waals surface area contributed by atoms with Crippen LogP contribution in [0.4, 0.5) is 26.3 Å². The molecular weight excluding hydrogens is 344 g/mol. The Bertz CT molecular complexity index is 558. The summed E-state index contributed by atoms with van der Waals surface area (Å²) in [5.41, 5.74) is -3.00. The second-order valence-electron chi connectivity index (χ2n) is 3.75. The van der Waals surface area contributed by atoms with Crippen molar-refractivity contribution in [2.45, 2.75) is 25.3 Å². The standard InChI is InChI=1S/C11H8ClF6NO3/c1-2-21-9(20)7-5(4-12)3-6(10(13,14)15)8(19-7)22-11(16,17)18/h3H,2,4H2,1H3. The van der Waals surface area contributed by atoms with E-state index in [1.165, 1.54) is 6.92 Å². The molecule has 1 aromatic heterocycles. The quantitative estimate of drug-likeness (QED) is 0.469. The van der Waals surface area contributed by atoms with Gasteiger partial charge >= 0.3 is 18.5 Å². The molecule has 11 heteroatoms. The van der Waals surface area contributed by atoms with Gasteiger partial charge < -0.3 is 9.47 Å². The maximum Gasteiger partial charge on any atom is 0.574 e. The first-order valence-corrected chi connectivity index (χ1v) is 6.13. The second-order valence-corrected chi connectivity index (χ2v) is 4.02. The zero-order valence-corrected chi connectivity index (χ0v) is 11.6. The number of pyridine rings is 1. The Kier molecular flexibility index (Phi) is 5.49. The fourth-order valence-corrected chi connectivity index (χ4v) is 1.61. The van der Waals surface area contributed by atoms with Crippen LogP contribution < -0.4 is 4.74 Å². The van der Waals surface area contributed by atoms with Crippen LogP contribution in [0.3, 0.4) is 0 Å². The molecule has 1 rings (SSSR count). The summed E-state index contributed by atoms with van der Waals surface area (Å²) in [5, 5.41) is 0. The van der Waals surface area contributed by atoms with Gasteiger partial charge in [-0.3, -0.25) is 0 Å². The van der Waals surface area contributed by atoms with Crippen molar-refractivity contribution in [3.63, 3.8) is 0 Å². The first kappa shape index (κ1) is 18.3. The molecular formula is C11H8ClF6NO3. The lowest BCUT2D eigenvalue weighted by Gasteiger charge is -2.16. The van der Waals surface area contributed by atoms with Crippen molar-refractivity contribution in [1.82, 2.24) is 4.98 Å². The highest BCUT2D eigenvalue weighted by Crippen LogP contribution is 2.38. The van der Waals surface area contributed by atoms with E-state index in [1.54, 1.807) is 0 Å². The number of alkyl halides is 7. The number of esters is 1. The van der Waals surface area contributed by atoms with Crippen molar-refractivity contribution in [1.29, 1.82) is 0 Å². The average Bonchev–Trinajstić information content (AvgIpc) is 2.35. The summed E-state index contributed by atoms with van der Waals surface area (Å²) in [6, 6.07) is 0.271. The molecule has 0 bridgehead atoms. The Hall–Kier alpha value is -1.71. The zero-order chi connectivity index (χ0) is 17.1. The van der Waals surface area contributed by atoms with Crippen molar-refractivity contribution in [3.8, 4) is 5.88 Å². The van der Waals surface area contributed by atoms with Gasteiger partial charge in [0.25, 0.3) is 0 Å². The molecule has 0 aromatic carbocycles. The Balaban J connectivity index is 3.49. The van der Waals surface area contributed by atoms with Crippen molar-refractivity contribution in [2.24, 2.45) is 0 Å². The predicted molar refractivity (Wildman–Crippen MR) is 61.4 cm³/mol. The first-order valence-electron chi connectivity index (χ1n) is 5.59. The van der Waals surface area contributed by atoms with Gasteiger partial charge in [0, 0.05) is 11.4 Å².